The number of allylic oxidation sites excluding steroid dienone is 2. The maximum Gasteiger partial charge on any atom is 0.488 e. The van der Waals surface area contributed by atoms with Crippen molar-refractivity contribution in [2.75, 3.05) is 103 Å². The molecule has 2 heterocycles. The van der Waals surface area contributed by atoms with Crippen LogP contribution in [0.1, 0.15) is 328 Å². The second-order valence-electron chi connectivity index (χ2n) is 51.1. The average molecular weight is 2000 g/mol. The third kappa shape index (κ3) is 45.7. The molecule has 4 amide bonds. The molecule has 31 nitrogen and oxygen atoms in total. The van der Waals surface area contributed by atoms with E-state index in [0.717, 1.165) is 135 Å². The van der Waals surface area contributed by atoms with Gasteiger partial charge < -0.3 is 116 Å². The summed E-state index contributed by atoms with van der Waals surface area (Å²) in [6.45, 7) is 63.7. The number of hydrogen-bond acceptors (Lipinski definition) is 25. The minimum Gasteiger partial charge on any atom is -0.480 e. The van der Waals surface area contributed by atoms with E-state index in [4.69, 9.17) is 69.8 Å². The summed E-state index contributed by atoms with van der Waals surface area (Å²) in [5.74, 6) is 2.52. The fourth-order valence-electron chi connectivity index (χ4n) is 21.6. The van der Waals surface area contributed by atoms with Crippen molar-refractivity contribution in [1.29, 1.82) is 0 Å². The van der Waals surface area contributed by atoms with E-state index in [2.05, 4.69) is 174 Å². The van der Waals surface area contributed by atoms with Gasteiger partial charge in [0.1, 0.15) is 11.1 Å². The molecular formula is C105H207B5N11O20. The SMILES string of the molecule is C.C=C[C@@H]1CC[C@@H](CC)[C@@](C)(C(=O)NC(C)(C)C)C1.C=C[C@@H]1CC[C@@H](CN(C)C)[C@@](C)(C(=O)NC(C)(C)C)C1.CC1(C)O[B]OC1(C)C.CN(C)C[C@@H]1CC[C@@H](CCB(O)O)C[C@]1(C)C(=O)NC(C)(C)C.CN(C)C[C@@H]1CC[C@@H](CCB(O)O)C[C@]1(N)C(=O)O.CN(C)C[C@@H]1CC[C@@H](CCB(O)O)C[C@]1(N)C(=O)O.CN(C)C[C@@H]1CC[C@@H](CCB2OC(C)(C)C(C)(C)O2)C[C@]1(C)C(=O)NC(C)(C)C.O=C=O. The number of carboxylic acids is 2. The van der Waals surface area contributed by atoms with Crippen LogP contribution in [-0.4, -0.2) is 302 Å². The Labute approximate surface area is 858 Å². The first-order valence-electron chi connectivity index (χ1n) is 52.1. The van der Waals surface area contributed by atoms with E-state index in [-0.39, 0.29) is 141 Å². The van der Waals surface area contributed by atoms with Crippen molar-refractivity contribution >= 4 is 77.9 Å². The van der Waals surface area contributed by atoms with E-state index >= 15 is 0 Å². The van der Waals surface area contributed by atoms with Gasteiger partial charge >= 0.3 is 54.2 Å². The third-order valence-corrected chi connectivity index (χ3v) is 31.2. The zero-order valence-electron chi connectivity index (χ0n) is 94.4. The molecule has 6 saturated carbocycles. The Morgan fingerprint density at radius 1 is 0.390 bits per heavy atom. The molecule has 8 rings (SSSR count). The maximum atomic E-state index is 13.3. The van der Waals surface area contributed by atoms with Crippen LogP contribution >= 0.6 is 0 Å². The number of hydrogen-bond donors (Lipinski definition) is 14. The summed E-state index contributed by atoms with van der Waals surface area (Å²) in [6.07, 6.45) is 26.9. The number of carboxylic acid groups (broad SMARTS) is 2. The highest BCUT2D eigenvalue weighted by Crippen LogP contribution is 2.52. The van der Waals surface area contributed by atoms with E-state index in [1.807, 2.05) is 140 Å². The molecule has 0 spiro atoms. The van der Waals surface area contributed by atoms with Crippen molar-refractivity contribution in [1.82, 2.24) is 45.8 Å². The largest absolute Gasteiger partial charge is 0.488 e. The van der Waals surface area contributed by atoms with E-state index in [1.165, 1.54) is 20.5 Å². The smallest absolute Gasteiger partial charge is 0.480 e. The van der Waals surface area contributed by atoms with Gasteiger partial charge in [-0.2, -0.15) is 9.59 Å². The standard InChI is InChI=1S/C23H45BN2O3.C17H35BN2O3.C17H32N2O.C16H29NO.2C12H25BN2O4.C6H12BO2.CO2.CH4/c1-20(2,3)25-19(27)23(8)15-17(11-12-18(23)16-26(9)10)13-14-24-28-21(4,5)22(6,7)29-24;1-16(2,3)19-15(21)17(4)11-13(9-10-18(22)23)7-8-14(17)12-20(5)6;1-8-13-9-10-14(12-19(6)7)17(5,11-13)15(20)18-16(2,3)4;1-7-12-9-10-13(8-2)16(6,11-12)14(18)17-15(3,4)5;2*1-15(2)8-10-4-3-9(5-6-13(18)19)7-12(10,14)11(16)17;1-5(2)6(3,4)9-7-8-5;2-1-3;/h17-18H,11-16H2,1-10H3,(H,25,27);13-14,22-23H,7-12H2,1-6H3,(H,19,21);8,13-14H,1,9-12H2,2-7H3,(H,18,20);7,12-13H,1,8-11H2,2-6H3,(H,17,18);2*9-10,18-19H,3-8,14H2,1-2H3,(H,16,17);1-4H3;;1H4/t17-,18-,23-;13-,14-,17-;13-,14+,17+;12-,13-,16+;2*9-,10-,12+;;;/m001100.../s1. The monoisotopic (exact) mass is 2000 g/mol. The second-order valence-corrected chi connectivity index (χ2v) is 51.1. The second kappa shape index (κ2) is 58.5. The molecule has 2 aliphatic heterocycles. The van der Waals surface area contributed by atoms with Crippen LogP contribution in [-0.2, 0) is 57.0 Å². The summed E-state index contributed by atoms with van der Waals surface area (Å²) in [5, 5.41) is 85.5. The van der Waals surface area contributed by atoms with E-state index in [1.54, 1.807) is 0 Å². The lowest BCUT2D eigenvalue weighted by Gasteiger charge is -2.45. The molecule has 2 saturated heterocycles. The molecule has 8 fully saturated rings. The first-order chi connectivity index (χ1) is 63.7. The molecule has 0 aromatic heterocycles. The maximum absolute atomic E-state index is 13.3. The molecule has 18 atom stereocenters. The van der Waals surface area contributed by atoms with Crippen LogP contribution < -0.4 is 32.7 Å². The van der Waals surface area contributed by atoms with Crippen molar-refractivity contribution in [3.63, 3.8) is 0 Å². The van der Waals surface area contributed by atoms with E-state index in [9.17, 15) is 39.0 Å². The minimum atomic E-state index is -1.32. The molecular weight excluding hydrogens is 1790 g/mol. The van der Waals surface area contributed by atoms with Gasteiger partial charge in [0.2, 0.25) is 23.6 Å². The summed E-state index contributed by atoms with van der Waals surface area (Å²) in [7, 11) is 17.5. The number of carbonyl (C=O) groups excluding carboxylic acids is 6. The van der Waals surface area contributed by atoms with Gasteiger partial charge in [-0.05, 0) is 396 Å². The number of carbonyl (C=O) groups is 6. The van der Waals surface area contributed by atoms with Crippen LogP contribution in [0.5, 0.6) is 0 Å². The van der Waals surface area contributed by atoms with Gasteiger partial charge in [-0.25, -0.2) is 0 Å². The molecule has 0 aromatic carbocycles. The Bertz CT molecular complexity index is 3690. The Morgan fingerprint density at radius 3 is 0.844 bits per heavy atom. The lowest BCUT2D eigenvalue weighted by molar-refractivity contribution is -0.192. The Kier molecular flexibility index (Phi) is 56.5. The predicted octanol–water partition coefficient (Wildman–Crippen LogP) is 13.5. The van der Waals surface area contributed by atoms with Crippen LogP contribution in [0.4, 0.5) is 0 Å². The highest BCUT2D eigenvalue weighted by atomic mass is 16.7. The molecule has 36 heteroatoms. The highest BCUT2D eigenvalue weighted by Gasteiger charge is 2.56. The van der Waals surface area contributed by atoms with Gasteiger partial charge in [-0.3, -0.25) is 28.8 Å². The fraction of sp³-hybridized carbons (Fsp3) is 0.895. The molecule has 141 heavy (non-hydrogen) atoms. The summed E-state index contributed by atoms with van der Waals surface area (Å²) in [5.41, 5.74) is 6.90. The average Bonchev–Trinajstić information content (AvgIpc) is 1.10. The van der Waals surface area contributed by atoms with Crippen molar-refractivity contribution < 1.29 is 97.3 Å². The lowest BCUT2D eigenvalue weighted by Crippen LogP contribution is -2.59. The summed E-state index contributed by atoms with van der Waals surface area (Å²) in [4.78, 5) is 102. The van der Waals surface area contributed by atoms with Crippen LogP contribution in [0.2, 0.25) is 25.3 Å². The van der Waals surface area contributed by atoms with Crippen molar-refractivity contribution in [3.8, 4) is 0 Å². The number of nitrogens with two attached hydrogens (primary N) is 2. The Hall–Kier alpha value is -4.68. The van der Waals surface area contributed by atoms with E-state index < -0.39 is 49.8 Å². The van der Waals surface area contributed by atoms with Gasteiger partial charge in [-0.1, -0.05) is 99.1 Å². The van der Waals surface area contributed by atoms with Crippen LogP contribution in [0.15, 0.2) is 25.3 Å². The number of aliphatic carboxylic acids is 2. The van der Waals surface area contributed by atoms with Gasteiger partial charge in [0.25, 0.3) is 0 Å². The predicted molar refractivity (Wildman–Crippen MR) is 574 cm³/mol. The highest BCUT2D eigenvalue weighted by molar-refractivity contribution is 6.45. The van der Waals surface area contributed by atoms with Crippen LogP contribution in [0.3, 0.4) is 0 Å². The van der Waals surface area contributed by atoms with Crippen molar-refractivity contribution in [3.05, 3.63) is 25.3 Å². The number of nitrogens with one attached hydrogen (secondary N) is 4. The van der Waals surface area contributed by atoms with Gasteiger partial charge in [0.15, 0.2) is 0 Å². The zero-order chi connectivity index (χ0) is 109. The molecule has 16 N–H and O–H groups in total. The topological polar surface area (TPSA) is 452 Å². The lowest BCUT2D eigenvalue weighted by atomic mass is 9.61. The minimum absolute atomic E-state index is 0. The quantitative estimate of drug-likeness (QED) is 0.0226. The fourth-order valence-corrected chi connectivity index (χ4v) is 21.6. The van der Waals surface area contributed by atoms with Crippen molar-refractivity contribution in [2.45, 2.75) is 409 Å². The zero-order valence-corrected chi connectivity index (χ0v) is 94.4. The molecule has 0 bridgehead atoms. The summed E-state index contributed by atoms with van der Waals surface area (Å²) >= 11 is 0. The summed E-state index contributed by atoms with van der Waals surface area (Å²) < 4.78 is 22.8. The first kappa shape index (κ1) is 136. The number of rotatable bonds is 31. The van der Waals surface area contributed by atoms with Gasteiger partial charge in [0, 0.05) is 72.1 Å². The number of nitrogens with zero attached hydrogens (tertiary/aromatic N) is 5. The molecule has 0 aromatic rings. The van der Waals surface area contributed by atoms with Crippen LogP contribution in [0.25, 0.3) is 0 Å². The van der Waals surface area contributed by atoms with Crippen LogP contribution in [0, 0.1) is 92.7 Å². The third-order valence-electron chi connectivity index (χ3n) is 31.2. The van der Waals surface area contributed by atoms with E-state index in [0.29, 0.717) is 92.4 Å². The normalized spacial score (nSPS) is 30.3. The molecule has 6 aliphatic carbocycles. The molecule has 0 unspecified atom stereocenters. The van der Waals surface area contributed by atoms with Gasteiger partial charge in [0.05, 0.1) is 38.6 Å². The molecule has 8 aliphatic rings. The van der Waals surface area contributed by atoms with Gasteiger partial charge in [-0.15, -0.1) is 13.2 Å². The molecule has 1 radical (unpaired) electrons. The molecule has 817 valence electrons. The summed E-state index contributed by atoms with van der Waals surface area (Å²) in [6, 6.07) is 0. The van der Waals surface area contributed by atoms with Crippen molar-refractivity contribution in [2.24, 2.45) is 104 Å². The number of amides is 4. The first-order valence-corrected chi connectivity index (χ1v) is 52.1. The Balaban J connectivity index is 0.00000164. The Morgan fingerprint density at radius 2 is 0.617 bits per heavy atom.